The van der Waals surface area contributed by atoms with Crippen molar-refractivity contribution in [3.8, 4) is 17.6 Å². The second-order valence-corrected chi connectivity index (χ2v) is 6.05. The SMILES string of the molecule is COc1ccc(CNC2CCN(C)CC2)cc1OCCCC#N. The normalized spacial score (nSPS) is 16.0. The van der Waals surface area contributed by atoms with Gasteiger partial charge in [-0.2, -0.15) is 5.26 Å². The fourth-order valence-corrected chi connectivity index (χ4v) is 2.75. The Bertz CT molecular complexity index is 519. The van der Waals surface area contributed by atoms with Gasteiger partial charge in [-0.05, 0) is 57.1 Å². The fraction of sp³-hybridized carbons (Fsp3) is 0.611. The van der Waals surface area contributed by atoms with E-state index >= 15 is 0 Å². The molecule has 126 valence electrons. The number of methoxy groups -OCH3 is 1. The molecule has 1 aromatic carbocycles. The van der Waals surface area contributed by atoms with E-state index in [2.05, 4.69) is 29.4 Å². The van der Waals surface area contributed by atoms with Gasteiger partial charge in [-0.25, -0.2) is 0 Å². The minimum absolute atomic E-state index is 0.514. The smallest absolute Gasteiger partial charge is 0.161 e. The summed E-state index contributed by atoms with van der Waals surface area (Å²) in [6.45, 7) is 3.70. The maximum absolute atomic E-state index is 8.58. The number of hydrogen-bond acceptors (Lipinski definition) is 5. The van der Waals surface area contributed by atoms with Crippen LogP contribution >= 0.6 is 0 Å². The molecule has 1 N–H and O–H groups in total. The summed E-state index contributed by atoms with van der Waals surface area (Å²) in [5.74, 6) is 1.50. The van der Waals surface area contributed by atoms with Crippen molar-refractivity contribution in [3.63, 3.8) is 0 Å². The molecule has 23 heavy (non-hydrogen) atoms. The second-order valence-electron chi connectivity index (χ2n) is 6.05. The van der Waals surface area contributed by atoms with E-state index in [1.807, 2.05) is 12.1 Å². The minimum atomic E-state index is 0.514. The van der Waals surface area contributed by atoms with Gasteiger partial charge >= 0.3 is 0 Å². The van der Waals surface area contributed by atoms with Crippen LogP contribution in [0.5, 0.6) is 11.5 Å². The Balaban J connectivity index is 1.87. The van der Waals surface area contributed by atoms with Gasteiger partial charge in [-0.3, -0.25) is 0 Å². The first-order valence-corrected chi connectivity index (χ1v) is 8.31. The summed E-state index contributed by atoms with van der Waals surface area (Å²) in [6, 6.07) is 8.78. The van der Waals surface area contributed by atoms with Crippen molar-refractivity contribution < 1.29 is 9.47 Å². The zero-order chi connectivity index (χ0) is 16.5. The summed E-state index contributed by atoms with van der Waals surface area (Å²) in [5, 5.41) is 12.2. The summed E-state index contributed by atoms with van der Waals surface area (Å²) in [5.41, 5.74) is 1.19. The summed E-state index contributed by atoms with van der Waals surface area (Å²) in [6.07, 6.45) is 3.64. The summed E-state index contributed by atoms with van der Waals surface area (Å²) in [4.78, 5) is 2.37. The highest BCUT2D eigenvalue weighted by Crippen LogP contribution is 2.28. The van der Waals surface area contributed by atoms with Crippen LogP contribution in [0.3, 0.4) is 0 Å². The van der Waals surface area contributed by atoms with Crippen LogP contribution < -0.4 is 14.8 Å². The number of nitriles is 1. The Morgan fingerprint density at radius 1 is 1.30 bits per heavy atom. The number of likely N-dealkylation sites (tertiary alicyclic amines) is 1. The number of ether oxygens (including phenoxy) is 2. The number of nitrogens with one attached hydrogen (secondary N) is 1. The van der Waals surface area contributed by atoms with Gasteiger partial charge in [0.05, 0.1) is 19.8 Å². The van der Waals surface area contributed by atoms with Crippen LogP contribution in [0.1, 0.15) is 31.2 Å². The lowest BCUT2D eigenvalue weighted by molar-refractivity contribution is 0.234. The molecule has 0 unspecified atom stereocenters. The molecule has 1 aliphatic heterocycles. The number of rotatable bonds is 8. The van der Waals surface area contributed by atoms with Crippen molar-refractivity contribution in [1.29, 1.82) is 5.26 Å². The van der Waals surface area contributed by atoms with E-state index < -0.39 is 0 Å². The molecule has 1 aliphatic rings. The largest absolute Gasteiger partial charge is 0.493 e. The van der Waals surface area contributed by atoms with Gasteiger partial charge in [0.1, 0.15) is 0 Å². The van der Waals surface area contributed by atoms with Crippen LogP contribution in [0, 0.1) is 11.3 Å². The lowest BCUT2D eigenvalue weighted by Crippen LogP contribution is -2.40. The van der Waals surface area contributed by atoms with Crippen LogP contribution in [0.15, 0.2) is 18.2 Å². The van der Waals surface area contributed by atoms with E-state index in [-0.39, 0.29) is 0 Å². The monoisotopic (exact) mass is 317 g/mol. The Hall–Kier alpha value is -1.77. The molecule has 0 saturated carbocycles. The third-order valence-electron chi connectivity index (χ3n) is 4.23. The predicted octanol–water partition coefficient (Wildman–Crippen LogP) is 2.56. The molecule has 1 fully saturated rings. The quantitative estimate of drug-likeness (QED) is 0.747. The molecule has 2 rings (SSSR count). The average molecular weight is 317 g/mol. The predicted molar refractivity (Wildman–Crippen MR) is 90.7 cm³/mol. The lowest BCUT2D eigenvalue weighted by Gasteiger charge is -2.29. The number of unbranched alkanes of at least 4 members (excludes halogenated alkanes) is 1. The van der Waals surface area contributed by atoms with E-state index in [4.69, 9.17) is 14.7 Å². The van der Waals surface area contributed by atoms with Gasteiger partial charge in [0.2, 0.25) is 0 Å². The Morgan fingerprint density at radius 2 is 2.09 bits per heavy atom. The first-order valence-electron chi connectivity index (χ1n) is 8.31. The molecule has 1 heterocycles. The van der Waals surface area contributed by atoms with E-state index in [1.165, 1.54) is 18.4 Å². The van der Waals surface area contributed by atoms with Crippen molar-refractivity contribution in [2.75, 3.05) is 33.9 Å². The number of hydrogen-bond donors (Lipinski definition) is 1. The summed E-state index contributed by atoms with van der Waals surface area (Å²) in [7, 11) is 3.82. The van der Waals surface area contributed by atoms with Crippen molar-refractivity contribution in [3.05, 3.63) is 23.8 Å². The average Bonchev–Trinajstić information content (AvgIpc) is 2.58. The molecular formula is C18H27N3O2. The molecule has 0 atom stereocenters. The maximum atomic E-state index is 8.58. The van der Waals surface area contributed by atoms with Crippen molar-refractivity contribution in [1.82, 2.24) is 10.2 Å². The van der Waals surface area contributed by atoms with Crippen LogP contribution in [0.4, 0.5) is 0 Å². The molecule has 5 nitrogen and oxygen atoms in total. The molecule has 1 saturated heterocycles. The Morgan fingerprint density at radius 3 is 2.78 bits per heavy atom. The minimum Gasteiger partial charge on any atom is -0.493 e. The molecule has 0 radical (unpaired) electrons. The molecule has 0 amide bonds. The molecular weight excluding hydrogens is 290 g/mol. The maximum Gasteiger partial charge on any atom is 0.161 e. The van der Waals surface area contributed by atoms with Crippen molar-refractivity contribution >= 4 is 0 Å². The van der Waals surface area contributed by atoms with Crippen LogP contribution in [0.2, 0.25) is 0 Å². The first-order chi connectivity index (χ1) is 11.2. The van der Waals surface area contributed by atoms with E-state index in [0.29, 0.717) is 19.1 Å². The third kappa shape index (κ3) is 5.74. The van der Waals surface area contributed by atoms with Gasteiger partial charge in [0.15, 0.2) is 11.5 Å². The Kier molecular flexibility index (Phi) is 7.18. The van der Waals surface area contributed by atoms with E-state index in [0.717, 1.165) is 37.6 Å². The lowest BCUT2D eigenvalue weighted by atomic mass is 10.1. The highest BCUT2D eigenvalue weighted by Gasteiger charge is 2.16. The Labute approximate surface area is 139 Å². The van der Waals surface area contributed by atoms with Crippen LogP contribution in [-0.2, 0) is 6.54 Å². The topological polar surface area (TPSA) is 57.5 Å². The standard InChI is InChI=1S/C18H27N3O2/c1-21-10-7-16(8-11-21)20-14-15-5-6-17(22-2)18(13-15)23-12-4-3-9-19/h5-6,13,16,20H,3-4,7-8,10-12,14H2,1-2H3. The zero-order valence-corrected chi connectivity index (χ0v) is 14.2. The molecule has 0 aromatic heterocycles. The van der Waals surface area contributed by atoms with Crippen molar-refractivity contribution in [2.24, 2.45) is 0 Å². The highest BCUT2D eigenvalue weighted by molar-refractivity contribution is 5.43. The third-order valence-corrected chi connectivity index (χ3v) is 4.23. The van der Waals surface area contributed by atoms with E-state index in [9.17, 15) is 0 Å². The summed E-state index contributed by atoms with van der Waals surface area (Å²) < 4.78 is 11.1. The first kappa shape index (κ1) is 17.6. The molecule has 1 aromatic rings. The highest BCUT2D eigenvalue weighted by atomic mass is 16.5. The van der Waals surface area contributed by atoms with E-state index in [1.54, 1.807) is 7.11 Å². The van der Waals surface area contributed by atoms with Gasteiger partial charge in [0, 0.05) is 19.0 Å². The molecule has 5 heteroatoms. The van der Waals surface area contributed by atoms with Gasteiger partial charge < -0.3 is 19.7 Å². The number of nitrogens with zero attached hydrogens (tertiary/aromatic N) is 2. The van der Waals surface area contributed by atoms with Crippen LogP contribution in [0.25, 0.3) is 0 Å². The second kappa shape index (κ2) is 9.39. The molecule has 0 spiro atoms. The summed E-state index contributed by atoms with van der Waals surface area (Å²) >= 11 is 0. The van der Waals surface area contributed by atoms with Gasteiger partial charge in [-0.15, -0.1) is 0 Å². The fourth-order valence-electron chi connectivity index (χ4n) is 2.75. The number of piperidine rings is 1. The zero-order valence-electron chi connectivity index (χ0n) is 14.2. The van der Waals surface area contributed by atoms with Gasteiger partial charge in [-0.1, -0.05) is 6.07 Å². The van der Waals surface area contributed by atoms with Crippen molar-refractivity contribution in [2.45, 2.75) is 38.3 Å². The van der Waals surface area contributed by atoms with Gasteiger partial charge in [0.25, 0.3) is 0 Å². The number of benzene rings is 1. The van der Waals surface area contributed by atoms with Crippen LogP contribution in [-0.4, -0.2) is 44.8 Å². The molecule has 0 aliphatic carbocycles. The molecule has 0 bridgehead atoms.